The number of benzene rings is 1. The van der Waals surface area contributed by atoms with Crippen molar-refractivity contribution in [3.63, 3.8) is 0 Å². The highest BCUT2D eigenvalue weighted by Gasteiger charge is 2.36. The molecular formula is C34H44ClN7O3S. The molecule has 1 aromatic carbocycles. The number of likely N-dealkylation sites (tertiary alicyclic amines) is 3. The van der Waals surface area contributed by atoms with Crippen LogP contribution >= 0.6 is 22.9 Å². The topological polar surface area (TPSA) is 114 Å². The minimum atomic E-state index is -0.777. The van der Waals surface area contributed by atoms with E-state index in [9.17, 15) is 14.4 Å². The van der Waals surface area contributed by atoms with Gasteiger partial charge < -0.3 is 36.0 Å². The van der Waals surface area contributed by atoms with E-state index in [2.05, 4.69) is 33.9 Å². The molecule has 2 aromatic rings. The molecule has 3 fully saturated rings. The van der Waals surface area contributed by atoms with Crippen LogP contribution in [-0.4, -0.2) is 96.0 Å². The number of fused-ring (bicyclic) bond motifs is 1. The molecule has 46 heavy (non-hydrogen) atoms. The summed E-state index contributed by atoms with van der Waals surface area (Å²) in [6.45, 7) is 5.23. The van der Waals surface area contributed by atoms with Crippen LogP contribution in [0, 0.1) is 24.2 Å². The fraction of sp³-hybridized carbons (Fsp3) is 0.559. The molecule has 0 bridgehead atoms. The summed E-state index contributed by atoms with van der Waals surface area (Å²) in [7, 11) is 2.18. The summed E-state index contributed by atoms with van der Waals surface area (Å²) in [6.07, 6.45) is 11.7. The lowest BCUT2D eigenvalue weighted by molar-refractivity contribution is -0.135. The van der Waals surface area contributed by atoms with Crippen LogP contribution in [0.4, 0.5) is 21.0 Å². The van der Waals surface area contributed by atoms with Gasteiger partial charge >= 0.3 is 12.1 Å². The van der Waals surface area contributed by atoms with Crippen molar-refractivity contribution in [3.8, 4) is 12.3 Å². The Hall–Kier alpha value is -3.46. The minimum Gasteiger partial charge on any atom is -0.397 e. The standard InChI is InChI=1S/C34H44ClN7O3S/c1-3-23-16-22(17-28(35)31(23)36)18-29(32(43)40-12-6-25(7-13-40)24-4-10-39(2)11-5-24)37-33(44)41-14-8-27(9-15-41)42-19-26-20-46-21-30(26)38-34(42)45/h1,16-17,20-21,24-25,27,29H,4-15,18-19,36H2,2H3,(H,37,44)(H,38,45)/t29-/m1/s1. The van der Waals surface area contributed by atoms with Crippen molar-refractivity contribution < 1.29 is 14.4 Å². The largest absolute Gasteiger partial charge is 0.397 e. The molecule has 1 atom stereocenters. The van der Waals surface area contributed by atoms with Crippen LogP contribution in [-0.2, 0) is 17.8 Å². The molecule has 0 aliphatic carbocycles. The quantitative estimate of drug-likeness (QED) is 0.306. The van der Waals surface area contributed by atoms with Crippen molar-refractivity contribution in [2.75, 3.05) is 57.4 Å². The molecule has 4 N–H and O–H groups in total. The maximum absolute atomic E-state index is 14.1. The van der Waals surface area contributed by atoms with Crippen LogP contribution in [0.2, 0.25) is 5.02 Å². The monoisotopic (exact) mass is 665 g/mol. The van der Waals surface area contributed by atoms with E-state index in [-0.39, 0.29) is 30.4 Å². The summed E-state index contributed by atoms with van der Waals surface area (Å²) >= 11 is 7.98. The highest BCUT2D eigenvalue weighted by molar-refractivity contribution is 7.08. The van der Waals surface area contributed by atoms with Gasteiger partial charge in [-0.15, -0.1) is 17.8 Å². The maximum atomic E-state index is 14.1. The van der Waals surface area contributed by atoms with Crippen molar-refractivity contribution >= 4 is 52.3 Å². The predicted molar refractivity (Wildman–Crippen MR) is 183 cm³/mol. The highest BCUT2D eigenvalue weighted by Crippen LogP contribution is 2.33. The minimum absolute atomic E-state index is 0.0412. The Balaban J connectivity index is 1.10. The Labute approximate surface area is 280 Å². The zero-order chi connectivity index (χ0) is 32.4. The van der Waals surface area contributed by atoms with Crippen molar-refractivity contribution in [1.29, 1.82) is 0 Å². The van der Waals surface area contributed by atoms with Crippen molar-refractivity contribution in [2.45, 2.75) is 63.6 Å². The number of nitrogens with two attached hydrogens (primary N) is 1. The van der Waals surface area contributed by atoms with Gasteiger partial charge in [0.25, 0.3) is 0 Å². The van der Waals surface area contributed by atoms with E-state index >= 15 is 0 Å². The van der Waals surface area contributed by atoms with Crippen LogP contribution < -0.4 is 16.4 Å². The van der Waals surface area contributed by atoms with Gasteiger partial charge in [0.05, 0.1) is 22.9 Å². The molecule has 246 valence electrons. The van der Waals surface area contributed by atoms with Gasteiger partial charge in [-0.3, -0.25) is 4.79 Å². The second-order valence-corrected chi connectivity index (χ2v) is 14.4. The van der Waals surface area contributed by atoms with Gasteiger partial charge in [0, 0.05) is 55.1 Å². The van der Waals surface area contributed by atoms with Gasteiger partial charge in [-0.25, -0.2) is 9.59 Å². The summed E-state index contributed by atoms with van der Waals surface area (Å²) in [5, 5.41) is 10.4. The fourth-order valence-corrected chi connectivity index (χ4v) is 8.59. The lowest BCUT2D eigenvalue weighted by atomic mass is 9.79. The SMILES string of the molecule is C#Cc1cc(C[C@@H](NC(=O)N2CCC(N3Cc4cscc4NC3=O)CC2)C(=O)N2CCC(C3CCN(C)CC3)CC2)cc(Cl)c1N. The second kappa shape index (κ2) is 14.1. The average molecular weight is 666 g/mol. The van der Waals surface area contributed by atoms with Gasteiger partial charge in [0.1, 0.15) is 6.04 Å². The first-order valence-electron chi connectivity index (χ1n) is 16.4. The third kappa shape index (κ3) is 7.09. The molecule has 0 unspecified atom stereocenters. The predicted octanol–water partition coefficient (Wildman–Crippen LogP) is 4.68. The van der Waals surface area contributed by atoms with Crippen molar-refractivity contribution in [3.05, 3.63) is 44.6 Å². The van der Waals surface area contributed by atoms with Crippen LogP contribution in [0.5, 0.6) is 0 Å². The molecule has 12 heteroatoms. The van der Waals surface area contributed by atoms with Crippen molar-refractivity contribution in [1.82, 2.24) is 24.9 Å². The Morgan fingerprint density at radius 2 is 1.70 bits per heavy atom. The van der Waals surface area contributed by atoms with Crippen LogP contribution in [0.25, 0.3) is 0 Å². The molecule has 4 aliphatic rings. The van der Waals surface area contributed by atoms with Gasteiger partial charge in [0.2, 0.25) is 5.91 Å². The van der Waals surface area contributed by atoms with Gasteiger partial charge in [-0.2, -0.15) is 0 Å². The zero-order valence-electron chi connectivity index (χ0n) is 26.5. The van der Waals surface area contributed by atoms with Gasteiger partial charge in [-0.05, 0) is 93.6 Å². The Bertz CT molecular complexity index is 1480. The molecule has 0 radical (unpaired) electrons. The Kier molecular flexibility index (Phi) is 9.97. The number of thiophene rings is 1. The average Bonchev–Trinajstić information content (AvgIpc) is 3.53. The first-order valence-corrected chi connectivity index (χ1v) is 17.7. The molecule has 10 nitrogen and oxygen atoms in total. The number of rotatable bonds is 6. The van der Waals surface area contributed by atoms with E-state index in [0.29, 0.717) is 73.7 Å². The Morgan fingerprint density at radius 1 is 1.04 bits per heavy atom. The summed E-state index contributed by atoms with van der Waals surface area (Å²) in [6, 6.07) is 2.39. The highest BCUT2D eigenvalue weighted by atomic mass is 35.5. The normalized spacial score (nSPS) is 21.0. The number of anilines is 2. The van der Waals surface area contributed by atoms with E-state index in [4.69, 9.17) is 23.8 Å². The number of carbonyl (C=O) groups is 3. The molecule has 0 saturated carbocycles. The summed E-state index contributed by atoms with van der Waals surface area (Å²) in [5.74, 6) is 3.84. The number of hydrogen-bond acceptors (Lipinski definition) is 6. The summed E-state index contributed by atoms with van der Waals surface area (Å²) < 4.78 is 0. The van der Waals surface area contributed by atoms with Gasteiger partial charge in [0.15, 0.2) is 0 Å². The number of urea groups is 2. The smallest absolute Gasteiger partial charge is 0.322 e. The number of terminal acetylenes is 1. The summed E-state index contributed by atoms with van der Waals surface area (Å²) in [4.78, 5) is 48.4. The lowest BCUT2D eigenvalue weighted by Gasteiger charge is -2.41. The van der Waals surface area contributed by atoms with Crippen molar-refractivity contribution in [2.24, 2.45) is 11.8 Å². The zero-order valence-corrected chi connectivity index (χ0v) is 28.0. The molecule has 1 aromatic heterocycles. The number of halogens is 1. The molecule has 3 saturated heterocycles. The van der Waals surface area contributed by atoms with Crippen LogP contribution in [0.15, 0.2) is 22.9 Å². The van der Waals surface area contributed by atoms with Gasteiger partial charge in [-0.1, -0.05) is 17.5 Å². The lowest BCUT2D eigenvalue weighted by Crippen LogP contribution is -2.57. The Morgan fingerprint density at radius 3 is 2.37 bits per heavy atom. The molecule has 5 amide bonds. The number of carbonyl (C=O) groups excluding carboxylic acids is 3. The first kappa shape index (κ1) is 32.5. The number of nitrogens with one attached hydrogen (secondary N) is 2. The number of piperidine rings is 3. The van der Waals surface area contributed by atoms with Crippen LogP contribution in [0.1, 0.15) is 55.2 Å². The second-order valence-electron chi connectivity index (χ2n) is 13.3. The number of nitrogen functional groups attached to an aromatic ring is 1. The van der Waals surface area contributed by atoms with Crippen LogP contribution in [0.3, 0.4) is 0 Å². The molecule has 4 aliphatic heterocycles. The molecule has 5 heterocycles. The maximum Gasteiger partial charge on any atom is 0.322 e. The van der Waals surface area contributed by atoms with E-state index in [1.165, 1.54) is 12.8 Å². The van der Waals surface area contributed by atoms with E-state index in [1.807, 2.05) is 15.2 Å². The molecular weight excluding hydrogens is 622 g/mol. The van der Waals surface area contributed by atoms with E-state index in [0.717, 1.165) is 42.7 Å². The fourth-order valence-electron chi connectivity index (χ4n) is 7.57. The third-order valence-electron chi connectivity index (χ3n) is 10.4. The number of hydrogen-bond donors (Lipinski definition) is 3. The first-order chi connectivity index (χ1) is 22.2. The third-order valence-corrected chi connectivity index (χ3v) is 11.5. The van der Waals surface area contributed by atoms with E-state index in [1.54, 1.807) is 28.4 Å². The number of amides is 5. The summed E-state index contributed by atoms with van der Waals surface area (Å²) in [5.41, 5.74) is 9.62. The molecule has 6 rings (SSSR count). The van der Waals surface area contributed by atoms with E-state index < -0.39 is 6.04 Å². The molecule has 0 spiro atoms. The number of nitrogens with zero attached hydrogens (tertiary/aromatic N) is 4.